The van der Waals surface area contributed by atoms with E-state index in [0.717, 1.165) is 15.6 Å². The zero-order chi connectivity index (χ0) is 22.2. The highest BCUT2D eigenvalue weighted by atomic mass is 79.9. The molecule has 0 spiro atoms. The molecule has 0 atom stereocenters. The van der Waals surface area contributed by atoms with Crippen LogP contribution in [0.1, 0.15) is 27.0 Å². The number of benzene rings is 2. The van der Waals surface area contributed by atoms with E-state index in [-0.39, 0.29) is 11.5 Å². The van der Waals surface area contributed by atoms with Gasteiger partial charge in [0.15, 0.2) is 5.96 Å². The van der Waals surface area contributed by atoms with E-state index in [4.69, 9.17) is 10.1 Å². The first-order valence-corrected chi connectivity index (χ1v) is 10.4. The maximum absolute atomic E-state index is 14.6. The zero-order valence-corrected chi connectivity index (χ0v) is 18.5. The highest BCUT2D eigenvalue weighted by Gasteiger charge is 2.17. The minimum absolute atomic E-state index is 0.169. The Morgan fingerprint density at radius 2 is 2.03 bits per heavy atom. The Bertz CT molecular complexity index is 1080. The maximum atomic E-state index is 14.6. The summed E-state index contributed by atoms with van der Waals surface area (Å²) in [5, 5.41) is 13.3. The summed E-state index contributed by atoms with van der Waals surface area (Å²) < 4.78 is 20.9. The molecule has 0 saturated heterocycles. The van der Waals surface area contributed by atoms with Crippen molar-refractivity contribution in [3.8, 4) is 5.75 Å². The van der Waals surface area contributed by atoms with Crippen LogP contribution in [0.3, 0.4) is 0 Å². The molecule has 6 nitrogen and oxygen atoms in total. The van der Waals surface area contributed by atoms with Crippen LogP contribution >= 0.6 is 15.9 Å². The highest BCUT2D eigenvalue weighted by molar-refractivity contribution is 9.10. The summed E-state index contributed by atoms with van der Waals surface area (Å²) in [5.41, 5.74) is 2.26. The quantitative estimate of drug-likeness (QED) is 0.345. The second-order valence-corrected chi connectivity index (χ2v) is 7.68. The van der Waals surface area contributed by atoms with Crippen LogP contribution in [0.15, 0.2) is 65.4 Å². The molecule has 3 aromatic rings. The van der Waals surface area contributed by atoms with Crippen LogP contribution < -0.4 is 15.4 Å². The number of carbonyl (C=O) groups excluding carboxylic acids is 1. The monoisotopic (exact) mass is 484 g/mol. The Kier molecular flexibility index (Phi) is 7.72. The molecule has 1 heterocycles. The standard InChI is InChI=1S/C23H22BrFN4O2/c1-31-21-10-8-17(24)12-16(21)7-9-18-19(5-2-6-20(18)25)22(30)29-23(26)28-14-15-4-3-11-27-13-15/h2-6,8,10-13H,7,9,14H2,1H3,(H3,26,28,29,30). The lowest BCUT2D eigenvalue weighted by Gasteiger charge is -2.14. The number of carbonyl (C=O) groups is 1. The number of methoxy groups -OCH3 is 1. The largest absolute Gasteiger partial charge is 0.496 e. The summed E-state index contributed by atoms with van der Waals surface area (Å²) in [6.07, 6.45) is 4.12. The van der Waals surface area contributed by atoms with E-state index in [1.54, 1.807) is 31.6 Å². The van der Waals surface area contributed by atoms with Crippen molar-refractivity contribution in [2.75, 3.05) is 7.11 Å². The maximum Gasteiger partial charge on any atom is 0.258 e. The van der Waals surface area contributed by atoms with Crippen LogP contribution in [0.5, 0.6) is 5.75 Å². The number of nitrogens with one attached hydrogen (secondary N) is 3. The molecule has 0 saturated carbocycles. The van der Waals surface area contributed by atoms with Gasteiger partial charge in [-0.05, 0) is 60.4 Å². The molecule has 31 heavy (non-hydrogen) atoms. The lowest BCUT2D eigenvalue weighted by Crippen LogP contribution is -2.40. The van der Waals surface area contributed by atoms with Crippen LogP contribution in [-0.2, 0) is 19.4 Å². The number of aromatic nitrogens is 1. The van der Waals surface area contributed by atoms with E-state index in [2.05, 4.69) is 31.5 Å². The smallest absolute Gasteiger partial charge is 0.258 e. The van der Waals surface area contributed by atoms with E-state index in [1.165, 1.54) is 12.1 Å². The van der Waals surface area contributed by atoms with Crippen LogP contribution in [0.2, 0.25) is 0 Å². The molecular weight excluding hydrogens is 463 g/mol. The van der Waals surface area contributed by atoms with Gasteiger partial charge < -0.3 is 10.1 Å². The molecule has 0 fully saturated rings. The van der Waals surface area contributed by atoms with Crippen molar-refractivity contribution in [3.63, 3.8) is 0 Å². The molecule has 1 amide bonds. The molecule has 3 N–H and O–H groups in total. The summed E-state index contributed by atoms with van der Waals surface area (Å²) >= 11 is 3.43. The molecule has 0 aliphatic heterocycles. The van der Waals surface area contributed by atoms with Gasteiger partial charge in [0, 0.05) is 34.5 Å². The number of nitrogens with zero attached hydrogens (tertiary/aromatic N) is 1. The predicted octanol–water partition coefficient (Wildman–Crippen LogP) is 4.23. The number of rotatable bonds is 7. The normalized spacial score (nSPS) is 10.4. The lowest BCUT2D eigenvalue weighted by atomic mass is 9.98. The predicted molar refractivity (Wildman–Crippen MR) is 121 cm³/mol. The summed E-state index contributed by atoms with van der Waals surface area (Å²) in [7, 11) is 1.58. The minimum Gasteiger partial charge on any atom is -0.496 e. The minimum atomic E-state index is -0.542. The summed E-state index contributed by atoms with van der Waals surface area (Å²) in [4.78, 5) is 16.7. The fourth-order valence-electron chi connectivity index (χ4n) is 3.15. The molecular formula is C23H22BrFN4O2. The highest BCUT2D eigenvalue weighted by Crippen LogP contribution is 2.25. The molecule has 1 aromatic heterocycles. The molecule has 2 aromatic carbocycles. The molecule has 0 unspecified atom stereocenters. The Morgan fingerprint density at radius 1 is 1.19 bits per heavy atom. The average molecular weight is 485 g/mol. The van der Waals surface area contributed by atoms with Gasteiger partial charge >= 0.3 is 0 Å². The molecule has 0 aliphatic carbocycles. The van der Waals surface area contributed by atoms with Gasteiger partial charge in [-0.2, -0.15) is 0 Å². The average Bonchev–Trinajstić information content (AvgIpc) is 2.77. The SMILES string of the molecule is COc1ccc(Br)cc1CCc1c(F)cccc1C(=O)NC(=N)NCc1cccnc1. The van der Waals surface area contributed by atoms with E-state index in [1.807, 2.05) is 24.3 Å². The van der Waals surface area contributed by atoms with Gasteiger partial charge in [0.2, 0.25) is 0 Å². The topological polar surface area (TPSA) is 87.1 Å². The van der Waals surface area contributed by atoms with Gasteiger partial charge in [0.1, 0.15) is 11.6 Å². The molecule has 0 radical (unpaired) electrons. The van der Waals surface area contributed by atoms with Crippen LogP contribution in [-0.4, -0.2) is 24.0 Å². The van der Waals surface area contributed by atoms with Gasteiger partial charge in [-0.25, -0.2) is 4.39 Å². The van der Waals surface area contributed by atoms with Gasteiger partial charge in [0.05, 0.1) is 7.11 Å². The zero-order valence-electron chi connectivity index (χ0n) is 16.9. The fraction of sp³-hybridized carbons (Fsp3) is 0.174. The number of aryl methyl sites for hydroxylation is 1. The lowest BCUT2D eigenvalue weighted by molar-refractivity contribution is 0.0974. The van der Waals surface area contributed by atoms with Gasteiger partial charge in [0.25, 0.3) is 5.91 Å². The molecule has 0 aliphatic rings. The number of pyridine rings is 1. The second-order valence-electron chi connectivity index (χ2n) is 6.77. The third-order valence-corrected chi connectivity index (χ3v) is 5.17. The van der Waals surface area contributed by atoms with Crippen molar-refractivity contribution in [1.29, 1.82) is 5.41 Å². The third-order valence-electron chi connectivity index (χ3n) is 4.68. The molecule has 3 rings (SSSR count). The second kappa shape index (κ2) is 10.7. The van der Waals surface area contributed by atoms with Crippen molar-refractivity contribution in [2.24, 2.45) is 0 Å². The summed E-state index contributed by atoms with van der Waals surface area (Å²) in [6.45, 7) is 0.339. The Labute approximate surface area is 188 Å². The van der Waals surface area contributed by atoms with Crippen molar-refractivity contribution in [1.82, 2.24) is 15.6 Å². The summed E-state index contributed by atoms with van der Waals surface area (Å²) in [6, 6.07) is 13.6. The van der Waals surface area contributed by atoms with Crippen LogP contribution in [0, 0.1) is 11.2 Å². The first kappa shape index (κ1) is 22.4. The van der Waals surface area contributed by atoms with Crippen molar-refractivity contribution < 1.29 is 13.9 Å². The number of guanidine groups is 1. The van der Waals surface area contributed by atoms with Gasteiger partial charge in [-0.15, -0.1) is 0 Å². The molecule has 160 valence electrons. The number of ether oxygens (including phenoxy) is 1. The van der Waals surface area contributed by atoms with Gasteiger partial charge in [-0.1, -0.05) is 28.1 Å². The van der Waals surface area contributed by atoms with Crippen LogP contribution in [0.25, 0.3) is 0 Å². The van der Waals surface area contributed by atoms with Crippen LogP contribution in [0.4, 0.5) is 4.39 Å². The molecule has 8 heteroatoms. The van der Waals surface area contributed by atoms with E-state index in [9.17, 15) is 9.18 Å². The van der Waals surface area contributed by atoms with E-state index in [0.29, 0.717) is 30.7 Å². The van der Waals surface area contributed by atoms with Gasteiger partial charge in [-0.3, -0.25) is 20.5 Å². The number of hydrogen-bond donors (Lipinski definition) is 3. The Morgan fingerprint density at radius 3 is 2.77 bits per heavy atom. The Hall–Kier alpha value is -3.26. The third kappa shape index (κ3) is 6.11. The number of hydrogen-bond acceptors (Lipinski definition) is 4. The summed E-state index contributed by atoms with van der Waals surface area (Å²) in [5.74, 6) is -0.472. The van der Waals surface area contributed by atoms with Crippen molar-refractivity contribution >= 4 is 27.8 Å². The van der Waals surface area contributed by atoms with Crippen molar-refractivity contribution in [3.05, 3.63) is 93.5 Å². The fourth-order valence-corrected chi connectivity index (χ4v) is 3.55. The van der Waals surface area contributed by atoms with E-state index >= 15 is 0 Å². The molecule has 0 bridgehead atoms. The van der Waals surface area contributed by atoms with Crippen molar-refractivity contribution in [2.45, 2.75) is 19.4 Å². The Balaban J connectivity index is 1.69. The number of amides is 1. The first-order valence-electron chi connectivity index (χ1n) is 9.60. The van der Waals surface area contributed by atoms with E-state index < -0.39 is 11.7 Å². The first-order chi connectivity index (χ1) is 15.0. The number of halogens is 2.